The monoisotopic (exact) mass is 183 g/mol. The Hall–Kier alpha value is -0.600. The van der Waals surface area contributed by atoms with Gasteiger partial charge in [0.25, 0.3) is 0 Å². The van der Waals surface area contributed by atoms with E-state index in [4.69, 9.17) is 5.11 Å². The van der Waals surface area contributed by atoms with Gasteiger partial charge in [-0.25, -0.2) is 0 Å². The Morgan fingerprint density at radius 1 is 1.38 bits per heavy atom. The van der Waals surface area contributed by atoms with Crippen molar-refractivity contribution < 1.29 is 5.11 Å². The van der Waals surface area contributed by atoms with Crippen LogP contribution >= 0.6 is 0 Å². The second kappa shape index (κ2) is 8.02. The molecule has 0 aromatic rings. The van der Waals surface area contributed by atoms with Gasteiger partial charge in [0.1, 0.15) is 6.23 Å². The van der Waals surface area contributed by atoms with Gasteiger partial charge in [-0.1, -0.05) is 18.2 Å². The summed E-state index contributed by atoms with van der Waals surface area (Å²) < 4.78 is 0. The SMILES string of the molecule is C=CCCCC=CCN(C)C(C)O. The molecule has 0 aromatic heterocycles. The van der Waals surface area contributed by atoms with E-state index in [-0.39, 0.29) is 6.23 Å². The fourth-order valence-corrected chi connectivity index (χ4v) is 0.891. The lowest BCUT2D eigenvalue weighted by Gasteiger charge is -2.17. The van der Waals surface area contributed by atoms with E-state index in [1.165, 1.54) is 6.42 Å². The largest absolute Gasteiger partial charge is 0.379 e. The molecule has 0 heterocycles. The number of allylic oxidation sites excluding steroid dienone is 2. The molecule has 76 valence electrons. The molecule has 0 radical (unpaired) electrons. The Kier molecular flexibility index (Phi) is 7.65. The third kappa shape index (κ3) is 7.75. The Morgan fingerprint density at radius 2 is 2.08 bits per heavy atom. The van der Waals surface area contributed by atoms with Crippen molar-refractivity contribution in [1.29, 1.82) is 0 Å². The molecule has 0 saturated heterocycles. The predicted molar refractivity (Wildman–Crippen MR) is 57.5 cm³/mol. The van der Waals surface area contributed by atoms with Crippen LogP contribution < -0.4 is 0 Å². The second-order valence-electron chi connectivity index (χ2n) is 3.26. The Balaban J connectivity index is 3.35. The van der Waals surface area contributed by atoms with E-state index in [1.54, 1.807) is 6.92 Å². The van der Waals surface area contributed by atoms with Crippen molar-refractivity contribution in [2.24, 2.45) is 0 Å². The van der Waals surface area contributed by atoms with Gasteiger partial charge in [-0.3, -0.25) is 4.90 Å². The first-order valence-electron chi connectivity index (χ1n) is 4.82. The minimum absolute atomic E-state index is 0.363. The molecule has 0 aliphatic carbocycles. The minimum atomic E-state index is -0.363. The van der Waals surface area contributed by atoms with Crippen molar-refractivity contribution in [3.05, 3.63) is 24.8 Å². The normalized spacial score (nSPS) is 13.8. The van der Waals surface area contributed by atoms with Gasteiger partial charge in [0.15, 0.2) is 0 Å². The van der Waals surface area contributed by atoms with Crippen LogP contribution in [0.3, 0.4) is 0 Å². The zero-order chi connectivity index (χ0) is 10.1. The van der Waals surface area contributed by atoms with E-state index in [1.807, 2.05) is 18.0 Å². The van der Waals surface area contributed by atoms with Crippen molar-refractivity contribution >= 4 is 0 Å². The molecule has 0 aromatic carbocycles. The van der Waals surface area contributed by atoms with Crippen LogP contribution in [0.4, 0.5) is 0 Å². The van der Waals surface area contributed by atoms with E-state index >= 15 is 0 Å². The highest BCUT2D eigenvalue weighted by Crippen LogP contribution is 1.97. The maximum absolute atomic E-state index is 9.14. The number of rotatable bonds is 7. The fourth-order valence-electron chi connectivity index (χ4n) is 0.891. The molecule has 1 unspecified atom stereocenters. The highest BCUT2D eigenvalue weighted by molar-refractivity contribution is 4.85. The molecule has 0 fully saturated rings. The van der Waals surface area contributed by atoms with E-state index in [0.717, 1.165) is 19.4 Å². The van der Waals surface area contributed by atoms with E-state index in [0.29, 0.717) is 0 Å². The summed E-state index contributed by atoms with van der Waals surface area (Å²) in [7, 11) is 1.90. The van der Waals surface area contributed by atoms with Gasteiger partial charge in [-0.2, -0.15) is 0 Å². The first-order chi connectivity index (χ1) is 6.18. The maximum atomic E-state index is 9.14. The summed E-state index contributed by atoms with van der Waals surface area (Å²) in [5.74, 6) is 0. The second-order valence-corrected chi connectivity index (χ2v) is 3.26. The average Bonchev–Trinajstić information content (AvgIpc) is 2.10. The lowest BCUT2D eigenvalue weighted by molar-refractivity contribution is 0.0469. The first-order valence-corrected chi connectivity index (χ1v) is 4.82. The van der Waals surface area contributed by atoms with Gasteiger partial charge < -0.3 is 5.11 Å². The molecular formula is C11H21NO. The molecule has 2 nitrogen and oxygen atoms in total. The first kappa shape index (κ1) is 12.4. The van der Waals surface area contributed by atoms with Crippen LogP contribution in [-0.2, 0) is 0 Å². The summed E-state index contributed by atoms with van der Waals surface area (Å²) in [6, 6.07) is 0. The minimum Gasteiger partial charge on any atom is -0.379 e. The summed E-state index contributed by atoms with van der Waals surface area (Å²) in [5, 5.41) is 9.14. The van der Waals surface area contributed by atoms with E-state index in [2.05, 4.69) is 18.7 Å². The van der Waals surface area contributed by atoms with Gasteiger partial charge in [-0.05, 0) is 33.2 Å². The summed E-state index contributed by atoms with van der Waals surface area (Å²) in [4.78, 5) is 1.88. The molecule has 1 atom stereocenters. The quantitative estimate of drug-likeness (QED) is 0.371. The zero-order valence-electron chi connectivity index (χ0n) is 8.74. The molecule has 13 heavy (non-hydrogen) atoms. The number of likely N-dealkylation sites (N-methyl/N-ethyl adjacent to an activating group) is 1. The standard InChI is InChI=1S/C11H21NO/c1-4-5-6-7-8-9-10-12(3)11(2)13/h4,8-9,11,13H,1,5-7,10H2,2-3H3. The number of aliphatic hydroxyl groups is 1. The van der Waals surface area contributed by atoms with Crippen LogP contribution in [0.1, 0.15) is 26.2 Å². The van der Waals surface area contributed by atoms with Crippen LogP contribution in [-0.4, -0.2) is 29.8 Å². The highest BCUT2D eigenvalue weighted by Gasteiger charge is 1.99. The number of hydrogen-bond donors (Lipinski definition) is 1. The van der Waals surface area contributed by atoms with Crippen molar-refractivity contribution in [3.63, 3.8) is 0 Å². The van der Waals surface area contributed by atoms with Crippen LogP contribution in [0.25, 0.3) is 0 Å². The van der Waals surface area contributed by atoms with E-state index in [9.17, 15) is 0 Å². The van der Waals surface area contributed by atoms with Crippen LogP contribution in [0, 0.1) is 0 Å². The van der Waals surface area contributed by atoms with Gasteiger partial charge in [0.05, 0.1) is 0 Å². The predicted octanol–water partition coefficient (Wildman–Crippen LogP) is 2.17. The molecular weight excluding hydrogens is 162 g/mol. The zero-order valence-corrected chi connectivity index (χ0v) is 8.74. The molecule has 2 heteroatoms. The third-order valence-corrected chi connectivity index (χ3v) is 1.98. The highest BCUT2D eigenvalue weighted by atomic mass is 16.3. The number of nitrogens with zero attached hydrogens (tertiary/aromatic N) is 1. The average molecular weight is 183 g/mol. The molecule has 0 aliphatic heterocycles. The summed E-state index contributed by atoms with van der Waals surface area (Å²) in [6.07, 6.45) is 9.17. The Bertz CT molecular complexity index is 152. The van der Waals surface area contributed by atoms with E-state index < -0.39 is 0 Å². The van der Waals surface area contributed by atoms with Crippen LogP contribution in [0.2, 0.25) is 0 Å². The smallest absolute Gasteiger partial charge is 0.104 e. The lowest BCUT2D eigenvalue weighted by Crippen LogP contribution is -2.28. The number of hydrogen-bond acceptors (Lipinski definition) is 2. The van der Waals surface area contributed by atoms with Crippen molar-refractivity contribution in [1.82, 2.24) is 4.90 Å². The summed E-state index contributed by atoms with van der Waals surface area (Å²) >= 11 is 0. The molecule has 0 bridgehead atoms. The summed E-state index contributed by atoms with van der Waals surface area (Å²) in [5.41, 5.74) is 0. The molecule has 0 rings (SSSR count). The van der Waals surface area contributed by atoms with Crippen LogP contribution in [0.15, 0.2) is 24.8 Å². The number of aliphatic hydroxyl groups excluding tert-OH is 1. The van der Waals surface area contributed by atoms with Gasteiger partial charge in [0.2, 0.25) is 0 Å². The molecule has 0 saturated carbocycles. The maximum Gasteiger partial charge on any atom is 0.104 e. The van der Waals surface area contributed by atoms with Gasteiger partial charge in [0, 0.05) is 6.54 Å². The molecule has 1 N–H and O–H groups in total. The van der Waals surface area contributed by atoms with Crippen molar-refractivity contribution in [3.8, 4) is 0 Å². The molecule has 0 spiro atoms. The number of unbranched alkanes of at least 4 members (excludes halogenated alkanes) is 2. The van der Waals surface area contributed by atoms with Gasteiger partial charge in [-0.15, -0.1) is 6.58 Å². The van der Waals surface area contributed by atoms with Gasteiger partial charge >= 0.3 is 0 Å². The Morgan fingerprint density at radius 3 is 2.62 bits per heavy atom. The van der Waals surface area contributed by atoms with Crippen molar-refractivity contribution in [2.75, 3.05) is 13.6 Å². The van der Waals surface area contributed by atoms with Crippen molar-refractivity contribution in [2.45, 2.75) is 32.4 Å². The molecule has 0 amide bonds. The summed E-state index contributed by atoms with van der Waals surface area (Å²) in [6.45, 7) is 6.25. The third-order valence-electron chi connectivity index (χ3n) is 1.98. The lowest BCUT2D eigenvalue weighted by atomic mass is 10.2. The topological polar surface area (TPSA) is 23.5 Å². The van der Waals surface area contributed by atoms with Crippen LogP contribution in [0.5, 0.6) is 0 Å². The fraction of sp³-hybridized carbons (Fsp3) is 0.636. The molecule has 0 aliphatic rings. The Labute approximate surface area is 81.6 Å².